The SMILES string of the molecule is O=C(O)CN1CCN(c2cc(-c3ccccc3)nc(-c3ccccc3)n2)CC1. The van der Waals surface area contributed by atoms with Gasteiger partial charge in [-0.3, -0.25) is 9.69 Å². The van der Waals surface area contributed by atoms with Gasteiger partial charge in [0.05, 0.1) is 12.2 Å². The van der Waals surface area contributed by atoms with Crippen molar-refractivity contribution >= 4 is 11.8 Å². The summed E-state index contributed by atoms with van der Waals surface area (Å²) in [7, 11) is 0. The summed E-state index contributed by atoms with van der Waals surface area (Å²) in [5, 5.41) is 9.00. The fraction of sp³-hybridized carbons (Fsp3) is 0.227. The van der Waals surface area contributed by atoms with Crippen LogP contribution >= 0.6 is 0 Å². The van der Waals surface area contributed by atoms with Crippen LogP contribution in [0.3, 0.4) is 0 Å². The molecule has 0 unspecified atom stereocenters. The summed E-state index contributed by atoms with van der Waals surface area (Å²) in [5.41, 5.74) is 2.91. The van der Waals surface area contributed by atoms with Crippen molar-refractivity contribution in [3.63, 3.8) is 0 Å². The molecule has 1 aromatic heterocycles. The van der Waals surface area contributed by atoms with E-state index < -0.39 is 5.97 Å². The van der Waals surface area contributed by atoms with Gasteiger partial charge in [-0.1, -0.05) is 60.7 Å². The van der Waals surface area contributed by atoms with Gasteiger partial charge in [0.1, 0.15) is 5.82 Å². The van der Waals surface area contributed by atoms with Gasteiger partial charge in [-0.2, -0.15) is 0 Å². The highest BCUT2D eigenvalue weighted by molar-refractivity contribution is 5.69. The molecule has 0 amide bonds. The Morgan fingerprint density at radius 2 is 1.46 bits per heavy atom. The first-order valence-electron chi connectivity index (χ1n) is 9.38. The molecule has 3 aromatic rings. The van der Waals surface area contributed by atoms with Crippen LogP contribution in [0.1, 0.15) is 0 Å². The summed E-state index contributed by atoms with van der Waals surface area (Å²) >= 11 is 0. The summed E-state index contributed by atoms with van der Waals surface area (Å²) < 4.78 is 0. The number of benzene rings is 2. The quantitative estimate of drug-likeness (QED) is 0.740. The van der Waals surface area contributed by atoms with Crippen molar-refractivity contribution in [2.75, 3.05) is 37.6 Å². The number of anilines is 1. The van der Waals surface area contributed by atoms with Crippen LogP contribution in [-0.2, 0) is 4.79 Å². The van der Waals surface area contributed by atoms with E-state index in [2.05, 4.69) is 4.90 Å². The lowest BCUT2D eigenvalue weighted by Gasteiger charge is -2.34. The standard InChI is InChI=1S/C22H22N4O2/c27-21(28)16-25-11-13-26(14-12-25)20-15-19(17-7-3-1-4-8-17)23-22(24-20)18-9-5-2-6-10-18/h1-10,15H,11-14,16H2,(H,27,28). The molecule has 1 N–H and O–H groups in total. The molecular weight excluding hydrogens is 352 g/mol. The van der Waals surface area contributed by atoms with Crippen LogP contribution < -0.4 is 4.90 Å². The maximum absolute atomic E-state index is 10.9. The monoisotopic (exact) mass is 374 g/mol. The Hall–Kier alpha value is -3.25. The summed E-state index contributed by atoms with van der Waals surface area (Å²) in [5.74, 6) is 0.792. The predicted molar refractivity (Wildman–Crippen MR) is 109 cm³/mol. The van der Waals surface area contributed by atoms with Gasteiger partial charge in [-0.05, 0) is 0 Å². The molecule has 28 heavy (non-hydrogen) atoms. The molecule has 6 nitrogen and oxygen atoms in total. The number of aromatic nitrogens is 2. The van der Waals surface area contributed by atoms with Crippen LogP contribution in [0, 0.1) is 0 Å². The number of hydrogen-bond acceptors (Lipinski definition) is 5. The highest BCUT2D eigenvalue weighted by Gasteiger charge is 2.21. The third-order valence-corrected chi connectivity index (χ3v) is 4.87. The first-order chi connectivity index (χ1) is 13.7. The Morgan fingerprint density at radius 3 is 2.07 bits per heavy atom. The van der Waals surface area contributed by atoms with E-state index in [1.165, 1.54) is 0 Å². The van der Waals surface area contributed by atoms with E-state index in [0.717, 1.165) is 35.7 Å². The normalized spacial score (nSPS) is 14.8. The molecule has 6 heteroatoms. The van der Waals surface area contributed by atoms with Gasteiger partial charge >= 0.3 is 5.97 Å². The highest BCUT2D eigenvalue weighted by Crippen LogP contribution is 2.26. The molecule has 1 aliphatic rings. The average molecular weight is 374 g/mol. The number of rotatable bonds is 5. The highest BCUT2D eigenvalue weighted by atomic mass is 16.4. The second-order valence-electron chi connectivity index (χ2n) is 6.82. The van der Waals surface area contributed by atoms with Gasteiger partial charge in [-0.25, -0.2) is 9.97 Å². The van der Waals surface area contributed by atoms with E-state index in [1.54, 1.807) is 0 Å². The molecule has 0 saturated carbocycles. The lowest BCUT2D eigenvalue weighted by Crippen LogP contribution is -2.48. The Kier molecular flexibility index (Phi) is 5.30. The largest absolute Gasteiger partial charge is 0.480 e. The van der Waals surface area contributed by atoms with E-state index >= 15 is 0 Å². The molecule has 1 aliphatic heterocycles. The molecule has 0 bridgehead atoms. The van der Waals surface area contributed by atoms with E-state index in [-0.39, 0.29) is 6.54 Å². The predicted octanol–water partition coefficient (Wildman–Crippen LogP) is 3.02. The van der Waals surface area contributed by atoms with Gasteiger partial charge in [-0.15, -0.1) is 0 Å². The maximum Gasteiger partial charge on any atom is 0.317 e. The molecule has 2 aromatic carbocycles. The number of carbonyl (C=O) groups is 1. The zero-order valence-corrected chi connectivity index (χ0v) is 15.5. The Bertz CT molecular complexity index is 882. The number of piperazine rings is 1. The second kappa shape index (κ2) is 8.19. The van der Waals surface area contributed by atoms with Crippen molar-refractivity contribution in [3.8, 4) is 22.6 Å². The first-order valence-corrected chi connectivity index (χ1v) is 9.38. The molecule has 0 radical (unpaired) electrons. The summed E-state index contributed by atoms with van der Waals surface area (Å²) in [6.45, 7) is 2.98. The number of carboxylic acid groups (broad SMARTS) is 1. The summed E-state index contributed by atoms with van der Waals surface area (Å²) in [6.07, 6.45) is 0. The fourth-order valence-electron chi connectivity index (χ4n) is 3.40. The summed E-state index contributed by atoms with van der Waals surface area (Å²) in [6, 6.07) is 22.1. The average Bonchev–Trinajstić information content (AvgIpc) is 2.75. The van der Waals surface area contributed by atoms with Crippen molar-refractivity contribution in [1.82, 2.24) is 14.9 Å². The Labute approximate surface area is 164 Å². The van der Waals surface area contributed by atoms with Crippen LogP contribution in [0.25, 0.3) is 22.6 Å². The second-order valence-corrected chi connectivity index (χ2v) is 6.82. The minimum atomic E-state index is -0.784. The minimum Gasteiger partial charge on any atom is -0.480 e. The zero-order valence-electron chi connectivity index (χ0n) is 15.5. The lowest BCUT2D eigenvalue weighted by molar-refractivity contribution is -0.138. The molecule has 1 saturated heterocycles. The Balaban J connectivity index is 1.66. The van der Waals surface area contributed by atoms with Crippen LogP contribution in [0.2, 0.25) is 0 Å². The molecule has 4 rings (SSSR count). The molecule has 1 fully saturated rings. The van der Waals surface area contributed by atoms with Gasteiger partial charge in [0.2, 0.25) is 0 Å². The third-order valence-electron chi connectivity index (χ3n) is 4.87. The Morgan fingerprint density at radius 1 is 0.857 bits per heavy atom. The minimum absolute atomic E-state index is 0.0855. The first kappa shape index (κ1) is 18.1. The number of hydrogen-bond donors (Lipinski definition) is 1. The zero-order chi connectivity index (χ0) is 19.3. The van der Waals surface area contributed by atoms with Crippen molar-refractivity contribution < 1.29 is 9.90 Å². The fourth-order valence-corrected chi connectivity index (χ4v) is 3.40. The summed E-state index contributed by atoms with van der Waals surface area (Å²) in [4.78, 5) is 24.7. The molecule has 2 heterocycles. The third kappa shape index (κ3) is 4.18. The maximum atomic E-state index is 10.9. The van der Waals surface area contributed by atoms with Crippen molar-refractivity contribution in [2.45, 2.75) is 0 Å². The van der Waals surface area contributed by atoms with Gasteiger partial charge in [0.25, 0.3) is 0 Å². The molecule has 142 valence electrons. The van der Waals surface area contributed by atoms with E-state index in [0.29, 0.717) is 18.9 Å². The van der Waals surface area contributed by atoms with E-state index in [9.17, 15) is 4.79 Å². The lowest BCUT2D eigenvalue weighted by atomic mass is 10.1. The van der Waals surface area contributed by atoms with Crippen LogP contribution in [0.15, 0.2) is 66.7 Å². The van der Waals surface area contributed by atoms with Crippen molar-refractivity contribution in [3.05, 3.63) is 66.7 Å². The van der Waals surface area contributed by atoms with Crippen molar-refractivity contribution in [1.29, 1.82) is 0 Å². The molecule has 0 aliphatic carbocycles. The van der Waals surface area contributed by atoms with Gasteiger partial charge < -0.3 is 10.0 Å². The number of nitrogens with zero attached hydrogens (tertiary/aromatic N) is 4. The molecular formula is C22H22N4O2. The topological polar surface area (TPSA) is 69.6 Å². The van der Waals surface area contributed by atoms with Crippen molar-refractivity contribution in [2.24, 2.45) is 0 Å². The van der Waals surface area contributed by atoms with E-state index in [4.69, 9.17) is 15.1 Å². The van der Waals surface area contributed by atoms with Gasteiger partial charge in [0, 0.05) is 43.4 Å². The van der Waals surface area contributed by atoms with Crippen LogP contribution in [-0.4, -0.2) is 58.7 Å². The number of carboxylic acids is 1. The van der Waals surface area contributed by atoms with Gasteiger partial charge in [0.15, 0.2) is 5.82 Å². The molecule has 0 atom stereocenters. The van der Waals surface area contributed by atoms with Crippen LogP contribution in [0.4, 0.5) is 5.82 Å². The smallest absolute Gasteiger partial charge is 0.317 e. The van der Waals surface area contributed by atoms with E-state index in [1.807, 2.05) is 71.6 Å². The van der Waals surface area contributed by atoms with Crippen LogP contribution in [0.5, 0.6) is 0 Å². The number of aliphatic carboxylic acids is 1. The molecule has 0 spiro atoms.